The number of thiocarbonyl (C=S) groups is 1. The predicted molar refractivity (Wildman–Crippen MR) is 77.5 cm³/mol. The molecule has 1 heterocycles. The van der Waals surface area contributed by atoms with Crippen LogP contribution in [0.4, 0.5) is 5.82 Å². The van der Waals surface area contributed by atoms with Gasteiger partial charge in [-0.25, -0.2) is 9.97 Å². The van der Waals surface area contributed by atoms with Crippen molar-refractivity contribution in [2.45, 2.75) is 32.6 Å². The van der Waals surface area contributed by atoms with E-state index in [4.69, 9.17) is 18.0 Å². The lowest BCUT2D eigenvalue weighted by atomic mass is 9.80. The average molecular weight is 264 g/mol. The van der Waals surface area contributed by atoms with Crippen molar-refractivity contribution in [1.29, 1.82) is 0 Å². The molecule has 0 spiro atoms. The molecule has 1 aromatic rings. The molecule has 0 aliphatic heterocycles. The summed E-state index contributed by atoms with van der Waals surface area (Å²) in [6, 6.07) is 0. The summed E-state index contributed by atoms with van der Waals surface area (Å²) in [6.45, 7) is 3.31. The second-order valence-corrected chi connectivity index (χ2v) is 5.49. The Morgan fingerprint density at radius 3 is 2.78 bits per heavy atom. The van der Waals surface area contributed by atoms with Gasteiger partial charge in [-0.15, -0.1) is 0 Å². The quantitative estimate of drug-likeness (QED) is 0.817. The molecule has 1 saturated carbocycles. The molecular formula is C13H20N4S. The van der Waals surface area contributed by atoms with Crippen LogP contribution in [-0.2, 0) is 0 Å². The monoisotopic (exact) mass is 264 g/mol. The zero-order chi connectivity index (χ0) is 13.0. The maximum absolute atomic E-state index is 5.48. The first-order chi connectivity index (χ1) is 8.66. The van der Waals surface area contributed by atoms with Crippen LogP contribution in [0.5, 0.6) is 0 Å². The Morgan fingerprint density at radius 1 is 1.39 bits per heavy atom. The summed E-state index contributed by atoms with van der Waals surface area (Å²) in [5.41, 5.74) is 6.05. The lowest BCUT2D eigenvalue weighted by molar-refractivity contribution is 0.268. The first-order valence-electron chi connectivity index (χ1n) is 6.52. The Labute approximate surface area is 113 Å². The van der Waals surface area contributed by atoms with Gasteiger partial charge < -0.3 is 11.1 Å². The Hall–Kier alpha value is -1.23. The summed E-state index contributed by atoms with van der Waals surface area (Å²) in [7, 11) is 0. The summed E-state index contributed by atoms with van der Waals surface area (Å²) in [5.74, 6) is 2.35. The van der Waals surface area contributed by atoms with Gasteiger partial charge >= 0.3 is 0 Å². The number of rotatable bonds is 4. The van der Waals surface area contributed by atoms with Crippen LogP contribution in [0.2, 0.25) is 0 Å². The van der Waals surface area contributed by atoms with Gasteiger partial charge in [0, 0.05) is 6.54 Å². The number of nitrogens with one attached hydrogen (secondary N) is 1. The Bertz CT molecular complexity index is 404. The summed E-state index contributed by atoms with van der Waals surface area (Å²) in [4.78, 5) is 8.73. The molecule has 1 fully saturated rings. The smallest absolute Gasteiger partial charge is 0.144 e. The molecule has 0 aromatic carbocycles. The maximum Gasteiger partial charge on any atom is 0.144 e. The third kappa shape index (κ3) is 3.38. The van der Waals surface area contributed by atoms with Crippen molar-refractivity contribution in [2.75, 3.05) is 11.9 Å². The molecule has 3 N–H and O–H groups in total. The second kappa shape index (κ2) is 6.09. The number of hydrogen-bond donors (Lipinski definition) is 2. The minimum absolute atomic E-state index is 0.287. The van der Waals surface area contributed by atoms with E-state index in [1.807, 2.05) is 0 Å². The van der Waals surface area contributed by atoms with Crippen molar-refractivity contribution in [2.24, 2.45) is 17.6 Å². The fourth-order valence-electron chi connectivity index (χ4n) is 2.48. The van der Waals surface area contributed by atoms with Crippen molar-refractivity contribution in [3.05, 3.63) is 18.1 Å². The molecule has 0 radical (unpaired) electrons. The lowest BCUT2D eigenvalue weighted by Crippen LogP contribution is -2.24. The van der Waals surface area contributed by atoms with Gasteiger partial charge in [0.05, 0.1) is 12.4 Å². The normalized spacial score (nSPS) is 23.6. The Morgan fingerprint density at radius 2 is 2.17 bits per heavy atom. The number of anilines is 1. The predicted octanol–water partition coefficient (Wildman–Crippen LogP) is 2.35. The molecule has 98 valence electrons. The third-order valence-corrected chi connectivity index (χ3v) is 3.95. The van der Waals surface area contributed by atoms with Gasteiger partial charge in [0.1, 0.15) is 16.5 Å². The van der Waals surface area contributed by atoms with Crippen LogP contribution in [-0.4, -0.2) is 21.5 Å². The minimum Gasteiger partial charge on any atom is -0.388 e. The van der Waals surface area contributed by atoms with E-state index >= 15 is 0 Å². The first-order valence-corrected chi connectivity index (χ1v) is 6.93. The van der Waals surface area contributed by atoms with Crippen LogP contribution in [0.3, 0.4) is 0 Å². The van der Waals surface area contributed by atoms with E-state index in [0.29, 0.717) is 5.69 Å². The molecule has 0 saturated heterocycles. The van der Waals surface area contributed by atoms with Crippen LogP contribution in [0.25, 0.3) is 0 Å². The van der Waals surface area contributed by atoms with E-state index < -0.39 is 0 Å². The Kier molecular flexibility index (Phi) is 4.47. The first kappa shape index (κ1) is 13.2. The highest BCUT2D eigenvalue weighted by Gasteiger charge is 2.20. The SMILES string of the molecule is CC1CCCCC1CNc1cnc(C(N)=S)cn1. The van der Waals surface area contributed by atoms with Gasteiger partial charge in [-0.05, 0) is 18.3 Å². The number of hydrogen-bond acceptors (Lipinski definition) is 4. The topological polar surface area (TPSA) is 63.8 Å². The van der Waals surface area contributed by atoms with Crippen LogP contribution in [0, 0.1) is 11.8 Å². The number of aromatic nitrogens is 2. The van der Waals surface area contributed by atoms with Crippen molar-refractivity contribution in [1.82, 2.24) is 9.97 Å². The molecule has 1 aliphatic carbocycles. The van der Waals surface area contributed by atoms with E-state index in [1.165, 1.54) is 25.7 Å². The highest BCUT2D eigenvalue weighted by atomic mass is 32.1. The van der Waals surface area contributed by atoms with Crippen molar-refractivity contribution in [3.8, 4) is 0 Å². The summed E-state index contributed by atoms with van der Waals surface area (Å²) < 4.78 is 0. The summed E-state index contributed by atoms with van der Waals surface area (Å²) in [5, 5.41) is 3.35. The van der Waals surface area contributed by atoms with Gasteiger partial charge in [0.15, 0.2) is 0 Å². The fourth-order valence-corrected chi connectivity index (χ4v) is 2.58. The summed E-state index contributed by atoms with van der Waals surface area (Å²) >= 11 is 4.84. The fraction of sp³-hybridized carbons (Fsp3) is 0.615. The number of nitrogens with two attached hydrogens (primary N) is 1. The third-order valence-electron chi connectivity index (χ3n) is 3.74. The molecule has 2 atom stereocenters. The molecule has 1 aromatic heterocycles. The highest BCUT2D eigenvalue weighted by molar-refractivity contribution is 7.80. The largest absolute Gasteiger partial charge is 0.388 e. The number of nitrogens with zero attached hydrogens (tertiary/aromatic N) is 2. The molecular weight excluding hydrogens is 244 g/mol. The molecule has 4 nitrogen and oxygen atoms in total. The van der Waals surface area contributed by atoms with Crippen LogP contribution >= 0.6 is 12.2 Å². The van der Waals surface area contributed by atoms with Gasteiger partial charge in [-0.3, -0.25) is 0 Å². The average Bonchev–Trinajstić information content (AvgIpc) is 2.38. The van der Waals surface area contributed by atoms with Gasteiger partial charge in [0.2, 0.25) is 0 Å². The molecule has 2 rings (SSSR count). The van der Waals surface area contributed by atoms with E-state index in [-0.39, 0.29) is 4.99 Å². The van der Waals surface area contributed by atoms with E-state index in [0.717, 1.165) is 24.2 Å². The van der Waals surface area contributed by atoms with Gasteiger partial charge in [0.25, 0.3) is 0 Å². The molecule has 0 bridgehead atoms. The molecule has 18 heavy (non-hydrogen) atoms. The second-order valence-electron chi connectivity index (χ2n) is 5.05. The molecule has 5 heteroatoms. The van der Waals surface area contributed by atoms with Crippen molar-refractivity contribution < 1.29 is 0 Å². The minimum atomic E-state index is 0.287. The molecule has 1 aliphatic rings. The summed E-state index contributed by atoms with van der Waals surface area (Å²) in [6.07, 6.45) is 8.70. The van der Waals surface area contributed by atoms with E-state index in [2.05, 4.69) is 22.2 Å². The van der Waals surface area contributed by atoms with E-state index in [1.54, 1.807) is 12.4 Å². The molecule has 2 unspecified atom stereocenters. The zero-order valence-corrected chi connectivity index (χ0v) is 11.5. The van der Waals surface area contributed by atoms with Gasteiger partial charge in [-0.2, -0.15) is 0 Å². The van der Waals surface area contributed by atoms with E-state index in [9.17, 15) is 0 Å². The van der Waals surface area contributed by atoms with Crippen molar-refractivity contribution >= 4 is 23.0 Å². The van der Waals surface area contributed by atoms with Gasteiger partial charge in [-0.1, -0.05) is 38.4 Å². The standard InChI is InChI=1S/C13H20N4S/c1-9-4-2-3-5-10(9)6-16-12-8-15-11(7-17-12)13(14)18/h7-10H,2-6H2,1H3,(H2,14,18)(H,16,17). The van der Waals surface area contributed by atoms with Crippen LogP contribution < -0.4 is 11.1 Å². The molecule has 0 amide bonds. The maximum atomic E-state index is 5.48. The zero-order valence-electron chi connectivity index (χ0n) is 10.7. The highest BCUT2D eigenvalue weighted by Crippen LogP contribution is 2.29. The van der Waals surface area contributed by atoms with Crippen LogP contribution in [0.15, 0.2) is 12.4 Å². The van der Waals surface area contributed by atoms with Crippen LogP contribution in [0.1, 0.15) is 38.3 Å². The Balaban J connectivity index is 1.87. The lowest BCUT2D eigenvalue weighted by Gasteiger charge is -2.28. The van der Waals surface area contributed by atoms with Crippen molar-refractivity contribution in [3.63, 3.8) is 0 Å².